The zero-order valence-corrected chi connectivity index (χ0v) is 7.38. The number of thiophene rings is 1. The topological polar surface area (TPSA) is 56.7 Å². The molecule has 0 aromatic carbocycles. The van der Waals surface area contributed by atoms with Crippen molar-refractivity contribution >= 4 is 17.3 Å². The maximum atomic E-state index is 5.54. The SMILES string of the molecule is Cn1nc(-c2ccsc2)nc1N. The van der Waals surface area contributed by atoms with Crippen LogP contribution in [0, 0.1) is 0 Å². The van der Waals surface area contributed by atoms with E-state index in [4.69, 9.17) is 5.73 Å². The minimum Gasteiger partial charge on any atom is -0.368 e. The molecule has 0 saturated heterocycles. The number of anilines is 1. The molecular weight excluding hydrogens is 172 g/mol. The number of hydrogen-bond acceptors (Lipinski definition) is 4. The first-order valence-electron chi connectivity index (χ1n) is 3.46. The summed E-state index contributed by atoms with van der Waals surface area (Å²) in [7, 11) is 1.78. The molecule has 0 spiro atoms. The summed E-state index contributed by atoms with van der Waals surface area (Å²) in [6, 6.07) is 1.97. The van der Waals surface area contributed by atoms with Gasteiger partial charge in [0.15, 0.2) is 5.82 Å². The molecule has 0 aliphatic carbocycles. The van der Waals surface area contributed by atoms with Crippen LogP contribution in [0.1, 0.15) is 0 Å². The van der Waals surface area contributed by atoms with Gasteiger partial charge in [-0.2, -0.15) is 16.3 Å². The van der Waals surface area contributed by atoms with Gasteiger partial charge < -0.3 is 5.73 Å². The third kappa shape index (κ3) is 1.08. The first kappa shape index (κ1) is 7.30. The summed E-state index contributed by atoms with van der Waals surface area (Å²) >= 11 is 1.62. The first-order valence-corrected chi connectivity index (χ1v) is 4.41. The highest BCUT2D eigenvalue weighted by atomic mass is 32.1. The molecule has 0 bridgehead atoms. The summed E-state index contributed by atoms with van der Waals surface area (Å²) in [6.07, 6.45) is 0. The highest BCUT2D eigenvalue weighted by Gasteiger charge is 2.05. The molecule has 2 rings (SSSR count). The van der Waals surface area contributed by atoms with Crippen LogP contribution in [0.4, 0.5) is 5.95 Å². The van der Waals surface area contributed by atoms with E-state index in [1.54, 1.807) is 23.1 Å². The Morgan fingerprint density at radius 2 is 2.42 bits per heavy atom. The number of aromatic nitrogens is 3. The smallest absolute Gasteiger partial charge is 0.218 e. The van der Waals surface area contributed by atoms with Crippen LogP contribution in [0.15, 0.2) is 16.8 Å². The monoisotopic (exact) mass is 180 g/mol. The molecular formula is C7H8N4S. The van der Waals surface area contributed by atoms with Gasteiger partial charge in [-0.3, -0.25) is 0 Å². The van der Waals surface area contributed by atoms with Crippen LogP contribution >= 0.6 is 11.3 Å². The van der Waals surface area contributed by atoms with Gasteiger partial charge >= 0.3 is 0 Å². The van der Waals surface area contributed by atoms with E-state index in [0.29, 0.717) is 11.8 Å². The highest BCUT2D eigenvalue weighted by molar-refractivity contribution is 7.08. The standard InChI is InChI=1S/C7H8N4S/c1-11-7(8)9-6(10-11)5-2-3-12-4-5/h2-4H,1H3,(H2,8,9,10). The van der Waals surface area contributed by atoms with E-state index in [-0.39, 0.29) is 0 Å². The van der Waals surface area contributed by atoms with Crippen molar-refractivity contribution in [1.82, 2.24) is 14.8 Å². The molecule has 62 valence electrons. The molecule has 0 atom stereocenters. The molecule has 2 aromatic rings. The van der Waals surface area contributed by atoms with Crippen molar-refractivity contribution in [3.05, 3.63) is 16.8 Å². The Kier molecular flexibility index (Phi) is 1.58. The van der Waals surface area contributed by atoms with Gasteiger partial charge in [-0.15, -0.1) is 5.10 Å². The number of aryl methyl sites for hydroxylation is 1. The Morgan fingerprint density at radius 3 is 2.92 bits per heavy atom. The third-order valence-electron chi connectivity index (χ3n) is 1.58. The number of nitrogen functional groups attached to an aromatic ring is 1. The summed E-state index contributed by atoms with van der Waals surface area (Å²) in [5.74, 6) is 1.13. The van der Waals surface area contributed by atoms with Gasteiger partial charge in [0.05, 0.1) is 0 Å². The third-order valence-corrected chi connectivity index (χ3v) is 2.26. The summed E-state index contributed by atoms with van der Waals surface area (Å²) in [5.41, 5.74) is 6.56. The predicted octanol–water partition coefficient (Wildman–Crippen LogP) is 1.13. The summed E-state index contributed by atoms with van der Waals surface area (Å²) in [5, 5.41) is 8.12. The average molecular weight is 180 g/mol. The lowest BCUT2D eigenvalue weighted by Crippen LogP contribution is -1.97. The molecule has 0 unspecified atom stereocenters. The zero-order valence-electron chi connectivity index (χ0n) is 6.56. The van der Waals surface area contributed by atoms with Crippen molar-refractivity contribution < 1.29 is 0 Å². The summed E-state index contributed by atoms with van der Waals surface area (Å²) in [4.78, 5) is 4.09. The van der Waals surface area contributed by atoms with E-state index in [1.165, 1.54) is 0 Å². The Hall–Kier alpha value is -1.36. The van der Waals surface area contributed by atoms with Crippen LogP contribution < -0.4 is 5.73 Å². The van der Waals surface area contributed by atoms with E-state index in [1.807, 2.05) is 16.8 Å². The van der Waals surface area contributed by atoms with Gasteiger partial charge in [-0.25, -0.2) is 4.68 Å². The molecule has 2 heterocycles. The zero-order chi connectivity index (χ0) is 8.55. The van der Waals surface area contributed by atoms with E-state index < -0.39 is 0 Å². The van der Waals surface area contributed by atoms with Crippen LogP contribution in [0.25, 0.3) is 11.4 Å². The van der Waals surface area contributed by atoms with Crippen LogP contribution in [0.2, 0.25) is 0 Å². The molecule has 0 aliphatic rings. The number of nitrogens with two attached hydrogens (primary N) is 1. The van der Waals surface area contributed by atoms with Gasteiger partial charge in [-0.05, 0) is 11.4 Å². The Balaban J connectivity index is 2.48. The number of rotatable bonds is 1. The van der Waals surface area contributed by atoms with Gasteiger partial charge in [0.1, 0.15) is 0 Å². The lowest BCUT2D eigenvalue weighted by molar-refractivity contribution is 0.781. The normalized spacial score (nSPS) is 10.4. The van der Waals surface area contributed by atoms with E-state index in [9.17, 15) is 0 Å². The Labute approximate surface area is 73.7 Å². The largest absolute Gasteiger partial charge is 0.368 e. The van der Waals surface area contributed by atoms with Crippen molar-refractivity contribution in [3.63, 3.8) is 0 Å². The molecule has 2 aromatic heterocycles. The molecule has 2 N–H and O–H groups in total. The van der Waals surface area contributed by atoms with E-state index in [2.05, 4.69) is 10.1 Å². The summed E-state index contributed by atoms with van der Waals surface area (Å²) in [6.45, 7) is 0. The van der Waals surface area contributed by atoms with E-state index in [0.717, 1.165) is 5.56 Å². The van der Waals surface area contributed by atoms with Gasteiger partial charge in [0.25, 0.3) is 0 Å². The summed E-state index contributed by atoms with van der Waals surface area (Å²) < 4.78 is 1.56. The van der Waals surface area contributed by atoms with Crippen molar-refractivity contribution in [2.24, 2.45) is 7.05 Å². The first-order chi connectivity index (χ1) is 5.77. The molecule has 0 radical (unpaired) electrons. The highest BCUT2D eigenvalue weighted by Crippen LogP contribution is 2.18. The molecule has 0 fully saturated rings. The molecule has 0 amide bonds. The molecule has 12 heavy (non-hydrogen) atoms. The second-order valence-corrected chi connectivity index (χ2v) is 3.21. The number of nitrogens with zero attached hydrogens (tertiary/aromatic N) is 3. The van der Waals surface area contributed by atoms with Crippen LogP contribution in [0.3, 0.4) is 0 Å². The number of hydrogen-bond donors (Lipinski definition) is 1. The van der Waals surface area contributed by atoms with E-state index >= 15 is 0 Å². The molecule has 0 saturated carbocycles. The van der Waals surface area contributed by atoms with Crippen molar-refractivity contribution in [2.75, 3.05) is 5.73 Å². The Morgan fingerprint density at radius 1 is 1.58 bits per heavy atom. The maximum Gasteiger partial charge on any atom is 0.218 e. The molecule has 0 aliphatic heterocycles. The minimum absolute atomic E-state index is 0.441. The van der Waals surface area contributed by atoms with Crippen LogP contribution in [0.5, 0.6) is 0 Å². The quantitative estimate of drug-likeness (QED) is 0.715. The fourth-order valence-electron chi connectivity index (χ4n) is 0.911. The van der Waals surface area contributed by atoms with Crippen molar-refractivity contribution in [2.45, 2.75) is 0 Å². The molecule has 4 nitrogen and oxygen atoms in total. The molecule has 5 heteroatoms. The predicted molar refractivity (Wildman–Crippen MR) is 48.7 cm³/mol. The van der Waals surface area contributed by atoms with Gasteiger partial charge in [-0.1, -0.05) is 0 Å². The van der Waals surface area contributed by atoms with Crippen molar-refractivity contribution in [3.8, 4) is 11.4 Å². The maximum absolute atomic E-state index is 5.54. The second kappa shape index (κ2) is 2.60. The van der Waals surface area contributed by atoms with Crippen LogP contribution in [-0.2, 0) is 7.05 Å². The van der Waals surface area contributed by atoms with Crippen molar-refractivity contribution in [1.29, 1.82) is 0 Å². The average Bonchev–Trinajstić information content (AvgIpc) is 2.61. The lowest BCUT2D eigenvalue weighted by Gasteiger charge is -1.85. The lowest BCUT2D eigenvalue weighted by atomic mass is 10.3. The minimum atomic E-state index is 0.441. The Bertz CT molecular complexity index is 357. The van der Waals surface area contributed by atoms with Crippen LogP contribution in [-0.4, -0.2) is 14.8 Å². The second-order valence-electron chi connectivity index (χ2n) is 2.43. The fraction of sp³-hybridized carbons (Fsp3) is 0.143. The van der Waals surface area contributed by atoms with Gasteiger partial charge in [0, 0.05) is 18.0 Å². The fourth-order valence-corrected chi connectivity index (χ4v) is 1.54. The van der Waals surface area contributed by atoms with Gasteiger partial charge in [0.2, 0.25) is 5.95 Å².